The summed E-state index contributed by atoms with van der Waals surface area (Å²) in [6.07, 6.45) is -16.5. The number of nitrogens with zero attached hydrogens (tertiary/aromatic N) is 2. The standard InChI is InChI=1S/C31H18F9N3O3/c1-14-3-5-15(6-4-14)28-42-24-19(25(43-28)29(32,33)34)12-11-18-22(24)20(26(44)30(35,36)37)13-21(27(45)31(38,39)40)23(18)41-16-7-9-17(46-2)10-8-16/h3-13,41H,1-2H3. The first-order chi connectivity index (χ1) is 21.4. The number of rotatable bonds is 6. The number of ketones is 2. The van der Waals surface area contributed by atoms with Gasteiger partial charge in [0.05, 0.1) is 23.9 Å². The first-order valence-electron chi connectivity index (χ1n) is 13.0. The zero-order valence-corrected chi connectivity index (χ0v) is 23.4. The van der Waals surface area contributed by atoms with Crippen molar-refractivity contribution in [1.82, 2.24) is 9.97 Å². The van der Waals surface area contributed by atoms with Gasteiger partial charge in [-0.15, -0.1) is 0 Å². The molecule has 1 aromatic heterocycles. The van der Waals surface area contributed by atoms with Crippen LogP contribution in [0.3, 0.4) is 0 Å². The summed E-state index contributed by atoms with van der Waals surface area (Å²) in [6.45, 7) is 1.69. The van der Waals surface area contributed by atoms with Crippen LogP contribution in [0.15, 0.2) is 66.7 Å². The maximum absolute atomic E-state index is 14.3. The van der Waals surface area contributed by atoms with Crippen LogP contribution in [0.4, 0.5) is 50.9 Å². The number of halogens is 9. The van der Waals surface area contributed by atoms with Gasteiger partial charge in [-0.3, -0.25) is 9.59 Å². The van der Waals surface area contributed by atoms with E-state index in [0.717, 1.165) is 12.1 Å². The molecule has 0 saturated carbocycles. The molecule has 0 spiro atoms. The second kappa shape index (κ2) is 11.3. The van der Waals surface area contributed by atoms with Gasteiger partial charge in [0.25, 0.3) is 11.6 Å². The molecule has 15 heteroatoms. The van der Waals surface area contributed by atoms with Gasteiger partial charge in [0.2, 0.25) is 0 Å². The lowest BCUT2D eigenvalue weighted by Crippen LogP contribution is -2.27. The summed E-state index contributed by atoms with van der Waals surface area (Å²) >= 11 is 0. The van der Waals surface area contributed by atoms with E-state index in [-0.39, 0.29) is 17.3 Å². The van der Waals surface area contributed by atoms with Crippen LogP contribution >= 0.6 is 0 Å². The molecule has 6 nitrogen and oxygen atoms in total. The molecule has 0 bridgehead atoms. The smallest absolute Gasteiger partial charge is 0.454 e. The highest BCUT2D eigenvalue weighted by Crippen LogP contribution is 2.43. The van der Waals surface area contributed by atoms with Crippen LogP contribution < -0.4 is 10.1 Å². The number of Topliss-reactive ketones (excluding diaryl/α,β-unsaturated/α-hetero) is 2. The molecule has 0 fully saturated rings. The predicted molar refractivity (Wildman–Crippen MR) is 149 cm³/mol. The molecular weight excluding hydrogens is 633 g/mol. The molecule has 4 aromatic carbocycles. The molecular formula is C31H18F9N3O3. The third-order valence-corrected chi connectivity index (χ3v) is 6.91. The number of fused-ring (bicyclic) bond motifs is 3. The van der Waals surface area contributed by atoms with Gasteiger partial charge in [0.15, 0.2) is 11.5 Å². The number of carbonyl (C=O) groups excluding carboxylic acids is 2. The second-order valence-corrected chi connectivity index (χ2v) is 10.00. The van der Waals surface area contributed by atoms with Crippen molar-refractivity contribution in [2.24, 2.45) is 0 Å². The van der Waals surface area contributed by atoms with E-state index in [1.165, 1.54) is 55.6 Å². The number of aromatic nitrogens is 2. The third kappa shape index (κ3) is 6.04. The minimum absolute atomic E-state index is 0.0207. The van der Waals surface area contributed by atoms with Crippen molar-refractivity contribution < 1.29 is 53.8 Å². The first-order valence-corrected chi connectivity index (χ1v) is 13.0. The fourth-order valence-electron chi connectivity index (χ4n) is 4.77. The van der Waals surface area contributed by atoms with E-state index >= 15 is 0 Å². The van der Waals surface area contributed by atoms with Gasteiger partial charge in [0, 0.05) is 33.0 Å². The lowest BCUT2D eigenvalue weighted by atomic mass is 9.91. The zero-order valence-electron chi connectivity index (χ0n) is 23.4. The summed E-state index contributed by atoms with van der Waals surface area (Å²) in [5, 5.41) is 0.220. The second-order valence-electron chi connectivity index (χ2n) is 10.00. The topological polar surface area (TPSA) is 81.2 Å². The number of hydrogen-bond acceptors (Lipinski definition) is 6. The monoisotopic (exact) mass is 651 g/mol. The number of methoxy groups -OCH3 is 1. The van der Waals surface area contributed by atoms with Crippen LogP contribution in [0, 0.1) is 6.92 Å². The molecule has 0 aliphatic heterocycles. The van der Waals surface area contributed by atoms with Crippen molar-refractivity contribution in [3.63, 3.8) is 0 Å². The average molecular weight is 651 g/mol. The Balaban J connectivity index is 1.98. The van der Waals surface area contributed by atoms with Gasteiger partial charge in [-0.05, 0) is 43.3 Å². The van der Waals surface area contributed by atoms with E-state index in [2.05, 4.69) is 15.3 Å². The molecule has 1 heterocycles. The number of benzene rings is 4. The molecule has 238 valence electrons. The lowest BCUT2D eigenvalue weighted by Gasteiger charge is -2.21. The Morgan fingerprint density at radius 1 is 0.717 bits per heavy atom. The molecule has 0 atom stereocenters. The highest BCUT2D eigenvalue weighted by Gasteiger charge is 2.45. The van der Waals surface area contributed by atoms with E-state index < -0.39 is 80.1 Å². The SMILES string of the molecule is COc1ccc(Nc2c(C(=O)C(F)(F)F)cc(C(=O)C(F)(F)F)c3c2ccc2c(C(F)(F)F)nc(-c4ccc(C)cc4)nc23)cc1. The summed E-state index contributed by atoms with van der Waals surface area (Å²) in [4.78, 5) is 33.1. The van der Waals surface area contributed by atoms with Gasteiger partial charge in [-0.2, -0.15) is 39.5 Å². The highest BCUT2D eigenvalue weighted by molar-refractivity contribution is 6.25. The third-order valence-electron chi connectivity index (χ3n) is 6.91. The normalized spacial score (nSPS) is 12.4. The van der Waals surface area contributed by atoms with Crippen LogP contribution in [0.1, 0.15) is 32.0 Å². The van der Waals surface area contributed by atoms with Crippen LogP contribution in [0.5, 0.6) is 5.75 Å². The summed E-state index contributed by atoms with van der Waals surface area (Å²) in [6, 6.07) is 12.7. The quantitative estimate of drug-likeness (QED) is 0.112. The van der Waals surface area contributed by atoms with E-state index in [0.29, 0.717) is 11.3 Å². The minimum atomic E-state index is -5.71. The Bertz CT molecular complexity index is 2000. The number of ether oxygens (including phenoxy) is 1. The van der Waals surface area contributed by atoms with Gasteiger partial charge < -0.3 is 10.1 Å². The van der Waals surface area contributed by atoms with Crippen LogP contribution in [-0.2, 0) is 6.18 Å². The fourth-order valence-corrected chi connectivity index (χ4v) is 4.77. The van der Waals surface area contributed by atoms with Gasteiger partial charge in [-0.25, -0.2) is 9.97 Å². The summed E-state index contributed by atoms with van der Waals surface area (Å²) < 4.78 is 131. The van der Waals surface area contributed by atoms with Crippen LogP contribution in [-0.4, -0.2) is 41.0 Å². The summed E-state index contributed by atoms with van der Waals surface area (Å²) in [7, 11) is 1.33. The molecule has 0 aliphatic rings. The number of carbonyl (C=O) groups is 2. The van der Waals surface area contributed by atoms with Crippen molar-refractivity contribution in [2.45, 2.75) is 25.5 Å². The predicted octanol–water partition coefficient (Wildman–Crippen LogP) is 9.02. The highest BCUT2D eigenvalue weighted by atomic mass is 19.4. The number of anilines is 2. The average Bonchev–Trinajstić information content (AvgIpc) is 2.99. The Morgan fingerprint density at radius 3 is 1.83 bits per heavy atom. The van der Waals surface area contributed by atoms with Crippen LogP contribution in [0.25, 0.3) is 33.1 Å². The molecule has 46 heavy (non-hydrogen) atoms. The van der Waals surface area contributed by atoms with Gasteiger partial charge >= 0.3 is 18.5 Å². The van der Waals surface area contributed by atoms with E-state index in [4.69, 9.17) is 4.74 Å². The number of aryl methyl sites for hydroxylation is 1. The van der Waals surface area contributed by atoms with Gasteiger partial charge in [0.1, 0.15) is 5.75 Å². The Labute approximate surface area is 252 Å². The van der Waals surface area contributed by atoms with Crippen molar-refractivity contribution in [2.75, 3.05) is 12.4 Å². The number of alkyl halides is 9. The largest absolute Gasteiger partial charge is 0.497 e. The fraction of sp³-hybridized carbons (Fsp3) is 0.161. The van der Waals surface area contributed by atoms with E-state index in [9.17, 15) is 49.1 Å². The Morgan fingerprint density at radius 2 is 1.28 bits per heavy atom. The maximum Gasteiger partial charge on any atom is 0.454 e. The Kier molecular flexibility index (Phi) is 7.91. The minimum Gasteiger partial charge on any atom is -0.497 e. The first kappa shape index (κ1) is 32.2. The van der Waals surface area contributed by atoms with Crippen LogP contribution in [0.2, 0.25) is 0 Å². The molecule has 0 aliphatic carbocycles. The molecule has 0 saturated heterocycles. The molecule has 1 N–H and O–H groups in total. The summed E-state index contributed by atoms with van der Waals surface area (Å²) in [5.41, 5.74) is -5.25. The lowest BCUT2D eigenvalue weighted by molar-refractivity contribution is -0.139. The molecule has 0 radical (unpaired) electrons. The maximum atomic E-state index is 14.3. The van der Waals surface area contributed by atoms with Gasteiger partial charge in [-0.1, -0.05) is 35.9 Å². The van der Waals surface area contributed by atoms with E-state index in [1.807, 2.05) is 0 Å². The van der Waals surface area contributed by atoms with E-state index in [1.54, 1.807) is 6.92 Å². The number of nitrogens with one attached hydrogen (secondary N) is 1. The molecule has 0 amide bonds. The van der Waals surface area contributed by atoms with Crippen molar-refractivity contribution in [1.29, 1.82) is 0 Å². The van der Waals surface area contributed by atoms with Crippen molar-refractivity contribution >= 4 is 44.6 Å². The molecule has 0 unspecified atom stereocenters. The summed E-state index contributed by atoms with van der Waals surface area (Å²) in [5.74, 6) is -5.58. The van der Waals surface area contributed by atoms with Crippen molar-refractivity contribution in [3.05, 3.63) is 89.1 Å². The Hall–Kier alpha value is -5.21. The molecule has 5 aromatic rings. The zero-order chi connectivity index (χ0) is 33.8. The molecule has 5 rings (SSSR count). The van der Waals surface area contributed by atoms with Crippen molar-refractivity contribution in [3.8, 4) is 17.1 Å². The number of hydrogen-bond donors (Lipinski definition) is 1.